The summed E-state index contributed by atoms with van der Waals surface area (Å²) in [5.74, 6) is 1.57. The summed E-state index contributed by atoms with van der Waals surface area (Å²) in [6.07, 6.45) is 13.0. The number of likely N-dealkylation sites (tertiary alicyclic amines) is 1. The van der Waals surface area contributed by atoms with Crippen molar-refractivity contribution >= 4 is 44.8 Å². The highest BCUT2D eigenvalue weighted by Gasteiger charge is 2.24. The minimum absolute atomic E-state index is 0.0996. The van der Waals surface area contributed by atoms with Crippen LogP contribution in [0, 0.1) is 6.92 Å². The van der Waals surface area contributed by atoms with Gasteiger partial charge in [-0.2, -0.15) is 5.10 Å². The molecule has 0 aliphatic carbocycles. The third-order valence-electron chi connectivity index (χ3n) is 6.15. The van der Waals surface area contributed by atoms with Crippen LogP contribution in [0.15, 0.2) is 84.2 Å². The summed E-state index contributed by atoms with van der Waals surface area (Å²) >= 11 is 9.96. The second-order valence-electron chi connectivity index (χ2n) is 8.72. The van der Waals surface area contributed by atoms with Crippen LogP contribution in [0.25, 0.3) is 11.4 Å². The molecule has 1 fully saturated rings. The molecule has 37 heavy (non-hydrogen) atoms. The summed E-state index contributed by atoms with van der Waals surface area (Å²) in [6, 6.07) is 7.83. The number of ether oxygens (including phenoxy) is 1. The molecule has 2 aromatic rings. The molecule has 1 saturated heterocycles. The van der Waals surface area contributed by atoms with Crippen LogP contribution in [0.4, 0.5) is 0 Å². The summed E-state index contributed by atoms with van der Waals surface area (Å²) < 4.78 is 8.45. The van der Waals surface area contributed by atoms with Gasteiger partial charge in [-0.3, -0.25) is 4.79 Å². The lowest BCUT2D eigenvalue weighted by Crippen LogP contribution is -2.45. The predicted molar refractivity (Wildman–Crippen MR) is 156 cm³/mol. The third kappa shape index (κ3) is 7.98. The van der Waals surface area contributed by atoms with Crippen molar-refractivity contribution in [2.45, 2.75) is 39.2 Å². The minimum atomic E-state index is 0.0996. The Morgan fingerprint density at radius 3 is 2.68 bits per heavy atom. The molecule has 0 bridgehead atoms. The second-order valence-corrected chi connectivity index (χ2v) is 9.98. The van der Waals surface area contributed by atoms with Crippen molar-refractivity contribution in [1.82, 2.24) is 20.0 Å². The van der Waals surface area contributed by atoms with Gasteiger partial charge in [-0.15, -0.1) is 0 Å². The fraction of sp³-hybridized carbons (Fsp3) is 0.310. The highest BCUT2D eigenvalue weighted by atomic mass is 79.9. The minimum Gasteiger partial charge on any atom is -0.493 e. The Morgan fingerprint density at radius 1 is 1.32 bits per heavy atom. The molecule has 0 radical (unpaired) electrons. The van der Waals surface area contributed by atoms with Gasteiger partial charge in [0.15, 0.2) is 0 Å². The highest BCUT2D eigenvalue weighted by molar-refractivity contribution is 9.10. The molecule has 3 rings (SSSR count). The van der Waals surface area contributed by atoms with Crippen LogP contribution in [0.5, 0.6) is 0 Å². The Balaban J connectivity index is 1.62. The number of allylic oxidation sites excluding steroid dienone is 6. The Hall–Kier alpha value is -3.03. The summed E-state index contributed by atoms with van der Waals surface area (Å²) in [6.45, 7) is 13.6. The molecule has 6 nitrogen and oxygen atoms in total. The molecule has 0 unspecified atom stereocenters. The summed E-state index contributed by atoms with van der Waals surface area (Å²) in [7, 11) is 0. The Kier molecular flexibility index (Phi) is 10.8. The van der Waals surface area contributed by atoms with E-state index >= 15 is 0 Å². The largest absolute Gasteiger partial charge is 0.493 e. The van der Waals surface area contributed by atoms with Gasteiger partial charge in [0.1, 0.15) is 11.6 Å². The first-order chi connectivity index (χ1) is 17.8. The van der Waals surface area contributed by atoms with Gasteiger partial charge in [0, 0.05) is 24.2 Å². The summed E-state index contributed by atoms with van der Waals surface area (Å²) in [5, 5.41) is 8.83. The van der Waals surface area contributed by atoms with Gasteiger partial charge in [0.2, 0.25) is 5.91 Å². The number of carbonyl (C=O) groups excluding carboxylic acids is 1. The molecule has 0 atom stereocenters. The number of hydrogen-bond donors (Lipinski definition) is 1. The van der Waals surface area contributed by atoms with Crippen molar-refractivity contribution in [3.63, 3.8) is 0 Å². The lowest BCUT2D eigenvalue weighted by Gasteiger charge is -2.33. The Labute approximate surface area is 233 Å². The summed E-state index contributed by atoms with van der Waals surface area (Å²) in [5.41, 5.74) is 2.63. The first-order valence-electron chi connectivity index (χ1n) is 12.3. The maximum Gasteiger partial charge on any atom is 0.225 e. The molecule has 0 saturated carbocycles. The molecule has 0 spiro atoms. The fourth-order valence-corrected chi connectivity index (χ4v) is 4.54. The molecule has 1 aromatic carbocycles. The topological polar surface area (TPSA) is 59.4 Å². The van der Waals surface area contributed by atoms with E-state index in [-0.39, 0.29) is 11.9 Å². The van der Waals surface area contributed by atoms with Crippen LogP contribution in [0.3, 0.4) is 0 Å². The quantitative estimate of drug-likeness (QED) is 0.234. The van der Waals surface area contributed by atoms with Crippen molar-refractivity contribution in [2.24, 2.45) is 0 Å². The van der Waals surface area contributed by atoms with Crippen molar-refractivity contribution in [3.05, 3.63) is 101 Å². The van der Waals surface area contributed by atoms with E-state index in [0.29, 0.717) is 36.9 Å². The lowest BCUT2D eigenvalue weighted by atomic mass is 10.0. The predicted octanol–water partition coefficient (Wildman–Crippen LogP) is 6.75. The summed E-state index contributed by atoms with van der Waals surface area (Å²) in [4.78, 5) is 14.6. The standard InChI is InChI=1S/C29H34BrClN4O2/c1-5-7-10-24(6-2)37-18-15-29(36)34-16-13-23(14-17-34)33-28(35-22(4)26(30)20-32-35)19-21(3)25-11-8-9-12-27(25)31/h5-12,19-20,23,33H,2-3,13-18H2,1,4H3/b7-5-,24-10+,28-19-. The van der Waals surface area contributed by atoms with Crippen LogP contribution in [0.2, 0.25) is 5.02 Å². The SMILES string of the molecule is C=C/C(=C\C=C/C)OCCC(=O)N1CCC(N/C(=C/C(=C)c2ccccc2Cl)n2ncc(Br)c2C)CC1. The van der Waals surface area contributed by atoms with Crippen LogP contribution >= 0.6 is 27.5 Å². The first-order valence-corrected chi connectivity index (χ1v) is 13.5. The number of hydrogen-bond acceptors (Lipinski definition) is 4. The molecular formula is C29H34BrClN4O2. The molecule has 196 valence electrons. The molecule has 1 aliphatic heterocycles. The van der Waals surface area contributed by atoms with E-state index in [4.69, 9.17) is 16.3 Å². The second kappa shape index (κ2) is 14.1. The first kappa shape index (κ1) is 28.5. The van der Waals surface area contributed by atoms with Gasteiger partial charge in [-0.25, -0.2) is 4.68 Å². The number of nitrogens with one attached hydrogen (secondary N) is 1. The fourth-order valence-electron chi connectivity index (χ4n) is 4.02. The van der Waals surface area contributed by atoms with Gasteiger partial charge in [0.25, 0.3) is 0 Å². The van der Waals surface area contributed by atoms with Crippen LogP contribution in [-0.4, -0.2) is 46.3 Å². The molecule has 2 heterocycles. The number of aromatic nitrogens is 2. The van der Waals surface area contributed by atoms with Gasteiger partial charge in [0.05, 0.1) is 29.4 Å². The average Bonchev–Trinajstić information content (AvgIpc) is 3.23. The molecule has 8 heteroatoms. The van der Waals surface area contributed by atoms with E-state index < -0.39 is 0 Å². The number of rotatable bonds is 11. The zero-order chi connectivity index (χ0) is 26.8. The average molecular weight is 586 g/mol. The van der Waals surface area contributed by atoms with Crippen molar-refractivity contribution in [1.29, 1.82) is 0 Å². The van der Waals surface area contributed by atoms with Crippen LogP contribution in [-0.2, 0) is 9.53 Å². The number of halogens is 2. The Morgan fingerprint density at radius 2 is 2.05 bits per heavy atom. The van der Waals surface area contributed by atoms with Gasteiger partial charge < -0.3 is 15.0 Å². The van der Waals surface area contributed by atoms with E-state index in [9.17, 15) is 4.79 Å². The number of nitrogens with zero attached hydrogens (tertiary/aromatic N) is 3. The molecule has 1 aliphatic rings. The van der Waals surface area contributed by atoms with Crippen LogP contribution in [0.1, 0.15) is 37.4 Å². The highest BCUT2D eigenvalue weighted by Crippen LogP contribution is 2.26. The van der Waals surface area contributed by atoms with E-state index in [2.05, 4.69) is 39.5 Å². The van der Waals surface area contributed by atoms with Crippen molar-refractivity contribution < 1.29 is 9.53 Å². The van der Waals surface area contributed by atoms with Gasteiger partial charge in [-0.05, 0) is 78.1 Å². The van der Waals surface area contributed by atoms with Gasteiger partial charge >= 0.3 is 0 Å². The zero-order valence-corrected chi connectivity index (χ0v) is 23.8. The van der Waals surface area contributed by atoms with E-state index in [1.54, 1.807) is 12.3 Å². The zero-order valence-electron chi connectivity index (χ0n) is 21.4. The molecular weight excluding hydrogens is 552 g/mol. The lowest BCUT2D eigenvalue weighted by molar-refractivity contribution is -0.133. The number of piperidine rings is 1. The van der Waals surface area contributed by atoms with E-state index in [1.807, 2.05) is 72.0 Å². The van der Waals surface area contributed by atoms with E-state index in [0.717, 1.165) is 40.0 Å². The van der Waals surface area contributed by atoms with Crippen LogP contribution < -0.4 is 5.32 Å². The molecule has 1 aromatic heterocycles. The van der Waals surface area contributed by atoms with Crippen molar-refractivity contribution in [2.75, 3.05) is 19.7 Å². The Bertz CT molecular complexity index is 1210. The normalized spacial score (nSPS) is 15.2. The van der Waals surface area contributed by atoms with Crippen molar-refractivity contribution in [3.8, 4) is 0 Å². The molecule has 1 N–H and O–H groups in total. The number of amides is 1. The number of benzene rings is 1. The monoisotopic (exact) mass is 584 g/mol. The third-order valence-corrected chi connectivity index (χ3v) is 7.26. The van der Waals surface area contributed by atoms with Gasteiger partial charge in [-0.1, -0.05) is 55.1 Å². The number of carbonyl (C=O) groups is 1. The maximum atomic E-state index is 12.7. The van der Waals surface area contributed by atoms with E-state index in [1.165, 1.54) is 0 Å². The smallest absolute Gasteiger partial charge is 0.225 e. The maximum absolute atomic E-state index is 12.7. The molecule has 1 amide bonds.